The van der Waals surface area contributed by atoms with Crippen molar-refractivity contribution in [1.29, 1.82) is 0 Å². The number of nitro groups is 1. The molecule has 2 rings (SSSR count). The Bertz CT molecular complexity index is 721. The molecule has 0 aliphatic carbocycles. The number of benzene rings is 1. The van der Waals surface area contributed by atoms with Crippen LogP contribution in [-0.2, 0) is 23.6 Å². The van der Waals surface area contributed by atoms with Crippen LogP contribution in [0.5, 0.6) is 0 Å². The van der Waals surface area contributed by atoms with Gasteiger partial charge in [0.25, 0.3) is 5.69 Å². The number of sulfonamides is 1. The normalized spacial score (nSPS) is 11.4. The predicted molar refractivity (Wildman–Crippen MR) is 70.3 cm³/mol. The number of nitrogens with zero attached hydrogens (tertiary/aromatic N) is 3. The Morgan fingerprint density at radius 2 is 1.95 bits per heavy atom. The fraction of sp³-hybridized carbons (Fsp3) is 0.182. The van der Waals surface area contributed by atoms with Gasteiger partial charge in [0.15, 0.2) is 0 Å². The van der Waals surface area contributed by atoms with E-state index in [0.717, 1.165) is 12.1 Å². The van der Waals surface area contributed by atoms with E-state index in [1.54, 1.807) is 24.0 Å². The summed E-state index contributed by atoms with van der Waals surface area (Å²) in [7, 11) is -2.01. The van der Waals surface area contributed by atoms with E-state index in [4.69, 9.17) is 0 Å². The molecule has 1 heterocycles. The van der Waals surface area contributed by atoms with Crippen LogP contribution in [0.2, 0.25) is 0 Å². The van der Waals surface area contributed by atoms with Crippen LogP contribution in [-0.4, -0.2) is 23.1 Å². The molecule has 0 bridgehead atoms. The van der Waals surface area contributed by atoms with Crippen molar-refractivity contribution in [2.24, 2.45) is 7.05 Å². The van der Waals surface area contributed by atoms with Gasteiger partial charge in [-0.3, -0.25) is 14.8 Å². The fourth-order valence-electron chi connectivity index (χ4n) is 1.57. The summed E-state index contributed by atoms with van der Waals surface area (Å²) in [6.07, 6.45) is 1.56. The largest absolute Gasteiger partial charge is 0.271 e. The van der Waals surface area contributed by atoms with Gasteiger partial charge < -0.3 is 0 Å². The standard InChI is InChI=1S/C11H12N4O4S/c1-14-10(6-7-12-14)8-13-20(18,19)11-4-2-9(3-5-11)15(16)17/h2-7,13H,8H2,1H3. The monoisotopic (exact) mass is 296 g/mol. The molecule has 0 saturated heterocycles. The number of nitrogens with one attached hydrogen (secondary N) is 1. The second-order valence-electron chi connectivity index (χ2n) is 4.02. The van der Waals surface area contributed by atoms with E-state index >= 15 is 0 Å². The molecule has 0 atom stereocenters. The van der Waals surface area contributed by atoms with Gasteiger partial charge in [-0.05, 0) is 18.2 Å². The molecule has 0 saturated carbocycles. The van der Waals surface area contributed by atoms with Crippen molar-refractivity contribution in [2.75, 3.05) is 0 Å². The third-order valence-electron chi connectivity index (χ3n) is 2.72. The molecule has 106 valence electrons. The average molecular weight is 296 g/mol. The number of hydrogen-bond donors (Lipinski definition) is 1. The van der Waals surface area contributed by atoms with Gasteiger partial charge in [-0.2, -0.15) is 5.10 Å². The molecule has 1 aromatic heterocycles. The Morgan fingerprint density at radius 1 is 1.30 bits per heavy atom. The molecular weight excluding hydrogens is 284 g/mol. The zero-order valence-electron chi connectivity index (χ0n) is 10.6. The van der Waals surface area contributed by atoms with Crippen LogP contribution in [0.3, 0.4) is 0 Å². The lowest BCUT2D eigenvalue weighted by Gasteiger charge is -2.06. The van der Waals surface area contributed by atoms with Crippen molar-refractivity contribution in [3.63, 3.8) is 0 Å². The van der Waals surface area contributed by atoms with Crippen molar-refractivity contribution < 1.29 is 13.3 Å². The molecule has 0 fully saturated rings. The number of aromatic nitrogens is 2. The molecule has 9 heteroatoms. The Morgan fingerprint density at radius 3 is 2.45 bits per heavy atom. The molecule has 20 heavy (non-hydrogen) atoms. The van der Waals surface area contributed by atoms with Crippen LogP contribution < -0.4 is 4.72 Å². The smallest absolute Gasteiger partial charge is 0.269 e. The molecule has 1 N–H and O–H groups in total. The molecule has 0 aliphatic rings. The van der Waals surface area contributed by atoms with E-state index in [0.29, 0.717) is 5.69 Å². The number of rotatable bonds is 5. The van der Waals surface area contributed by atoms with Gasteiger partial charge in [-0.1, -0.05) is 0 Å². The van der Waals surface area contributed by atoms with Crippen LogP contribution in [0.25, 0.3) is 0 Å². The summed E-state index contributed by atoms with van der Waals surface area (Å²) in [6.45, 7) is 0.0931. The predicted octanol–water partition coefficient (Wildman–Crippen LogP) is 0.807. The van der Waals surface area contributed by atoms with Crippen molar-refractivity contribution >= 4 is 15.7 Å². The molecule has 2 aromatic rings. The summed E-state index contributed by atoms with van der Waals surface area (Å²) >= 11 is 0. The molecule has 0 aliphatic heterocycles. The zero-order valence-corrected chi connectivity index (χ0v) is 11.4. The van der Waals surface area contributed by atoms with E-state index in [9.17, 15) is 18.5 Å². The Kier molecular flexibility index (Phi) is 3.81. The minimum atomic E-state index is -3.71. The van der Waals surface area contributed by atoms with E-state index in [1.807, 2.05) is 0 Å². The number of nitro benzene ring substituents is 1. The molecular formula is C11H12N4O4S. The summed E-state index contributed by atoms with van der Waals surface area (Å²) in [5.41, 5.74) is 0.547. The molecule has 0 radical (unpaired) electrons. The molecule has 0 spiro atoms. The van der Waals surface area contributed by atoms with Crippen molar-refractivity contribution in [2.45, 2.75) is 11.4 Å². The molecule has 0 unspecified atom stereocenters. The summed E-state index contributed by atoms with van der Waals surface area (Å²) in [5, 5.41) is 14.4. The first-order valence-electron chi connectivity index (χ1n) is 5.61. The average Bonchev–Trinajstić information content (AvgIpc) is 2.82. The van der Waals surface area contributed by atoms with Gasteiger partial charge in [0.1, 0.15) is 0 Å². The third kappa shape index (κ3) is 3.00. The van der Waals surface area contributed by atoms with Gasteiger partial charge in [0, 0.05) is 25.4 Å². The minimum Gasteiger partial charge on any atom is -0.271 e. The van der Waals surface area contributed by atoms with Crippen LogP contribution in [0.15, 0.2) is 41.4 Å². The highest BCUT2D eigenvalue weighted by Gasteiger charge is 2.16. The Labute approximate surface area is 115 Å². The maximum Gasteiger partial charge on any atom is 0.269 e. The highest BCUT2D eigenvalue weighted by Crippen LogP contribution is 2.15. The van der Waals surface area contributed by atoms with Crippen molar-refractivity contribution in [3.05, 3.63) is 52.3 Å². The maximum absolute atomic E-state index is 12.0. The lowest BCUT2D eigenvalue weighted by Crippen LogP contribution is -2.24. The van der Waals surface area contributed by atoms with E-state index in [2.05, 4.69) is 9.82 Å². The summed E-state index contributed by atoms with van der Waals surface area (Å²) in [5.74, 6) is 0. The fourth-order valence-corrected chi connectivity index (χ4v) is 2.57. The summed E-state index contributed by atoms with van der Waals surface area (Å²) in [6, 6.07) is 6.39. The molecule has 8 nitrogen and oxygen atoms in total. The lowest BCUT2D eigenvalue weighted by molar-refractivity contribution is -0.384. The summed E-state index contributed by atoms with van der Waals surface area (Å²) < 4.78 is 28.0. The summed E-state index contributed by atoms with van der Waals surface area (Å²) in [4.78, 5) is 9.90. The van der Waals surface area contributed by atoms with E-state index in [-0.39, 0.29) is 17.1 Å². The third-order valence-corrected chi connectivity index (χ3v) is 4.14. The van der Waals surface area contributed by atoms with Crippen LogP contribution in [0.4, 0.5) is 5.69 Å². The van der Waals surface area contributed by atoms with Gasteiger partial charge in [-0.15, -0.1) is 0 Å². The van der Waals surface area contributed by atoms with E-state index in [1.165, 1.54) is 12.1 Å². The van der Waals surface area contributed by atoms with E-state index < -0.39 is 14.9 Å². The topological polar surface area (TPSA) is 107 Å². The number of aryl methyl sites for hydroxylation is 1. The lowest BCUT2D eigenvalue weighted by atomic mass is 10.3. The second kappa shape index (κ2) is 5.39. The van der Waals surface area contributed by atoms with Crippen molar-refractivity contribution in [1.82, 2.24) is 14.5 Å². The van der Waals surface area contributed by atoms with Crippen LogP contribution >= 0.6 is 0 Å². The Balaban J connectivity index is 2.14. The first-order chi connectivity index (χ1) is 9.40. The molecule has 1 aromatic carbocycles. The zero-order chi connectivity index (χ0) is 14.8. The Hall–Kier alpha value is -2.26. The van der Waals surface area contributed by atoms with Gasteiger partial charge >= 0.3 is 0 Å². The number of non-ortho nitro benzene ring substituents is 1. The minimum absolute atomic E-state index is 0.0229. The van der Waals surface area contributed by atoms with Crippen LogP contribution in [0, 0.1) is 10.1 Å². The van der Waals surface area contributed by atoms with Gasteiger partial charge in [0.2, 0.25) is 10.0 Å². The molecule has 0 amide bonds. The first kappa shape index (κ1) is 14.2. The number of hydrogen-bond acceptors (Lipinski definition) is 5. The maximum atomic E-state index is 12.0. The second-order valence-corrected chi connectivity index (χ2v) is 5.79. The first-order valence-corrected chi connectivity index (χ1v) is 7.09. The highest BCUT2D eigenvalue weighted by molar-refractivity contribution is 7.89. The van der Waals surface area contributed by atoms with Gasteiger partial charge in [-0.25, -0.2) is 13.1 Å². The van der Waals surface area contributed by atoms with Crippen LogP contribution in [0.1, 0.15) is 5.69 Å². The SMILES string of the molecule is Cn1nccc1CNS(=O)(=O)c1ccc([N+](=O)[O-])cc1. The van der Waals surface area contributed by atoms with Crippen molar-refractivity contribution in [3.8, 4) is 0 Å². The quantitative estimate of drug-likeness (QED) is 0.649. The van der Waals surface area contributed by atoms with Gasteiger partial charge in [0.05, 0.1) is 22.1 Å². The highest BCUT2D eigenvalue weighted by atomic mass is 32.2.